The maximum absolute atomic E-state index is 12.4. The summed E-state index contributed by atoms with van der Waals surface area (Å²) in [6.45, 7) is 18.2. The fourth-order valence-electron chi connectivity index (χ4n) is 3.81. The third kappa shape index (κ3) is 6.59. The molecule has 2 aromatic carbocycles. The number of carbonyl (C=O) groups is 1. The largest absolute Gasteiger partial charge is 0.507 e. The first kappa shape index (κ1) is 26.9. The van der Waals surface area contributed by atoms with Crippen molar-refractivity contribution in [3.8, 4) is 5.75 Å². The molecule has 0 radical (unpaired) electrons. The zero-order valence-corrected chi connectivity index (χ0v) is 22.2. The Morgan fingerprint density at radius 2 is 1.58 bits per heavy atom. The van der Waals surface area contributed by atoms with Crippen molar-refractivity contribution in [1.29, 1.82) is 0 Å². The highest BCUT2D eigenvalue weighted by molar-refractivity contribution is 7.99. The number of carbonyl (C=O) groups excluding carboxylic acids is 1. The van der Waals surface area contributed by atoms with E-state index in [-0.39, 0.29) is 35.6 Å². The van der Waals surface area contributed by atoms with Crippen LogP contribution in [0, 0.1) is 25.7 Å². The molecule has 0 spiro atoms. The number of nitroso groups, excluding NO2 is 1. The third-order valence-electron chi connectivity index (χ3n) is 5.83. The van der Waals surface area contributed by atoms with E-state index >= 15 is 0 Å². The monoisotopic (exact) mass is 471 g/mol. The summed E-state index contributed by atoms with van der Waals surface area (Å²) < 4.78 is 5.53. The van der Waals surface area contributed by atoms with Gasteiger partial charge in [0.2, 0.25) is 0 Å². The minimum atomic E-state index is -0.278. The number of rotatable bonds is 7. The average Bonchev–Trinajstić information content (AvgIpc) is 2.68. The number of esters is 1. The number of ether oxygens (including phenoxy) is 1. The molecule has 0 saturated heterocycles. The van der Waals surface area contributed by atoms with Crippen molar-refractivity contribution in [1.82, 2.24) is 0 Å². The van der Waals surface area contributed by atoms with Crippen LogP contribution < -0.4 is 0 Å². The van der Waals surface area contributed by atoms with Gasteiger partial charge >= 0.3 is 5.97 Å². The molecule has 0 aliphatic carbocycles. The predicted molar refractivity (Wildman–Crippen MR) is 137 cm³/mol. The van der Waals surface area contributed by atoms with Crippen LogP contribution in [0.15, 0.2) is 28.3 Å². The second kappa shape index (κ2) is 10.3. The molecule has 0 heterocycles. The molecule has 2 aromatic rings. The van der Waals surface area contributed by atoms with E-state index in [0.717, 1.165) is 38.3 Å². The maximum atomic E-state index is 12.4. The second-order valence-corrected chi connectivity index (χ2v) is 11.8. The Hall–Kier alpha value is -2.34. The lowest BCUT2D eigenvalue weighted by molar-refractivity contribution is -0.144. The van der Waals surface area contributed by atoms with E-state index in [2.05, 4.69) is 46.7 Å². The molecular weight excluding hydrogens is 434 g/mol. The number of benzene rings is 2. The number of nitrogens with zero attached hydrogens (tertiary/aromatic N) is 1. The molecule has 0 unspecified atom stereocenters. The van der Waals surface area contributed by atoms with Crippen LogP contribution in [0.4, 0.5) is 5.69 Å². The highest BCUT2D eigenvalue weighted by atomic mass is 32.2. The summed E-state index contributed by atoms with van der Waals surface area (Å²) in [5.74, 6) is 0.564. The summed E-state index contributed by atoms with van der Waals surface area (Å²) in [7, 11) is 0. The molecule has 0 saturated carbocycles. The molecule has 0 aromatic heterocycles. The first-order valence-corrected chi connectivity index (χ1v) is 12.2. The van der Waals surface area contributed by atoms with Crippen molar-refractivity contribution >= 4 is 23.4 Å². The maximum Gasteiger partial charge on any atom is 0.306 e. The Labute approximate surface area is 202 Å². The zero-order chi connectivity index (χ0) is 25.1. The Balaban J connectivity index is 2.02. The lowest BCUT2D eigenvalue weighted by atomic mass is 9.83. The molecule has 5 nitrogen and oxygen atoms in total. The summed E-state index contributed by atoms with van der Waals surface area (Å²) in [5.41, 5.74) is 5.39. The first-order chi connectivity index (χ1) is 15.2. The van der Waals surface area contributed by atoms with Gasteiger partial charge < -0.3 is 9.84 Å². The fraction of sp³-hybridized carbons (Fsp3) is 0.519. The molecule has 6 heteroatoms. The Bertz CT molecular complexity index is 1050. The summed E-state index contributed by atoms with van der Waals surface area (Å²) in [4.78, 5) is 24.7. The topological polar surface area (TPSA) is 76.0 Å². The van der Waals surface area contributed by atoms with Crippen molar-refractivity contribution < 1.29 is 14.6 Å². The molecule has 33 heavy (non-hydrogen) atoms. The lowest BCUT2D eigenvalue weighted by Gasteiger charge is -2.24. The summed E-state index contributed by atoms with van der Waals surface area (Å²) in [6.07, 6.45) is 0.270. The van der Waals surface area contributed by atoms with E-state index in [0.29, 0.717) is 11.4 Å². The number of thioether (sulfide) groups is 1. The van der Waals surface area contributed by atoms with Crippen LogP contribution in [0.2, 0.25) is 0 Å². The van der Waals surface area contributed by atoms with Gasteiger partial charge in [-0.1, -0.05) is 47.6 Å². The van der Waals surface area contributed by atoms with Crippen molar-refractivity contribution in [2.45, 2.75) is 91.1 Å². The molecule has 0 aliphatic heterocycles. The number of aromatic hydroxyl groups is 1. The van der Waals surface area contributed by atoms with Gasteiger partial charge in [-0.25, -0.2) is 0 Å². The number of phenolic OH excluding ortho intramolecular Hbond substituents is 1. The van der Waals surface area contributed by atoms with E-state index in [1.807, 2.05) is 39.0 Å². The number of hydrogen-bond acceptors (Lipinski definition) is 6. The Kier molecular flexibility index (Phi) is 8.39. The minimum Gasteiger partial charge on any atom is -0.507 e. The van der Waals surface area contributed by atoms with Crippen LogP contribution in [0.1, 0.15) is 81.3 Å². The second-order valence-electron chi connectivity index (χ2n) is 10.7. The van der Waals surface area contributed by atoms with Gasteiger partial charge in [0.1, 0.15) is 18.0 Å². The van der Waals surface area contributed by atoms with Crippen molar-refractivity contribution in [2.24, 2.45) is 5.18 Å². The summed E-state index contributed by atoms with van der Waals surface area (Å²) in [5, 5.41) is 13.9. The molecular formula is C27H37NO4S. The van der Waals surface area contributed by atoms with E-state index in [9.17, 15) is 14.8 Å². The number of aryl methyl sites for hydroxylation is 2. The van der Waals surface area contributed by atoms with E-state index in [1.165, 1.54) is 0 Å². The molecule has 0 aliphatic rings. The number of phenols is 1. The van der Waals surface area contributed by atoms with Crippen LogP contribution >= 0.6 is 11.8 Å². The van der Waals surface area contributed by atoms with E-state index < -0.39 is 0 Å². The normalized spacial score (nSPS) is 12.0. The van der Waals surface area contributed by atoms with E-state index in [4.69, 9.17) is 4.74 Å². The average molecular weight is 472 g/mol. The van der Waals surface area contributed by atoms with Crippen molar-refractivity contribution in [3.63, 3.8) is 0 Å². The van der Waals surface area contributed by atoms with Crippen LogP contribution in [0.3, 0.4) is 0 Å². The molecule has 180 valence electrons. The summed E-state index contributed by atoms with van der Waals surface area (Å²) in [6, 6.07) is 5.91. The van der Waals surface area contributed by atoms with Gasteiger partial charge in [-0.2, -0.15) is 0 Å². The van der Waals surface area contributed by atoms with Gasteiger partial charge in [0.25, 0.3) is 0 Å². The zero-order valence-electron chi connectivity index (χ0n) is 21.4. The van der Waals surface area contributed by atoms with Gasteiger partial charge in [0.15, 0.2) is 0 Å². The van der Waals surface area contributed by atoms with Crippen molar-refractivity contribution in [3.05, 3.63) is 56.5 Å². The standard InChI is InChI=1S/C27H37NO4S/c1-16-13-22(27(7,8)9)25(30)18(3)20(16)15-32-23(29)10-11-33-19-12-17(2)24(28-31)21(14-19)26(4,5)6/h12-14,30H,10-11,15H2,1-9H3. The Morgan fingerprint density at radius 1 is 0.970 bits per heavy atom. The minimum absolute atomic E-state index is 0.145. The van der Waals surface area contributed by atoms with Gasteiger partial charge in [0, 0.05) is 10.6 Å². The molecule has 2 rings (SSSR count). The Morgan fingerprint density at radius 3 is 2.12 bits per heavy atom. The van der Waals surface area contributed by atoms with Gasteiger partial charge in [0.05, 0.1) is 6.42 Å². The quantitative estimate of drug-likeness (QED) is 0.256. The molecule has 0 fully saturated rings. The van der Waals surface area contributed by atoms with E-state index in [1.54, 1.807) is 11.8 Å². The predicted octanol–water partition coefficient (Wildman–Crippen LogP) is 7.54. The molecule has 0 amide bonds. The van der Waals surface area contributed by atoms with Crippen LogP contribution in [-0.4, -0.2) is 16.8 Å². The smallest absolute Gasteiger partial charge is 0.306 e. The molecule has 0 bridgehead atoms. The van der Waals surface area contributed by atoms with Crippen LogP contribution in [0.5, 0.6) is 5.75 Å². The van der Waals surface area contributed by atoms with Gasteiger partial charge in [-0.05, 0) is 82.3 Å². The lowest BCUT2D eigenvalue weighted by Crippen LogP contribution is -2.14. The number of hydrogen-bond donors (Lipinski definition) is 1. The molecule has 0 atom stereocenters. The first-order valence-electron chi connectivity index (χ1n) is 11.3. The SMILES string of the molecule is Cc1cc(C(C)(C)C)c(O)c(C)c1COC(=O)CCSc1cc(C)c(N=O)c(C(C)(C)C)c1. The molecule has 1 N–H and O–H groups in total. The highest BCUT2D eigenvalue weighted by Crippen LogP contribution is 2.38. The van der Waals surface area contributed by atoms with Crippen molar-refractivity contribution in [2.75, 3.05) is 5.75 Å². The summed E-state index contributed by atoms with van der Waals surface area (Å²) >= 11 is 1.56. The van der Waals surface area contributed by atoms with Gasteiger partial charge in [-0.15, -0.1) is 16.7 Å². The highest BCUT2D eigenvalue weighted by Gasteiger charge is 2.23. The van der Waals surface area contributed by atoms with Crippen LogP contribution in [-0.2, 0) is 27.0 Å². The van der Waals surface area contributed by atoms with Crippen LogP contribution in [0.25, 0.3) is 0 Å². The van der Waals surface area contributed by atoms with Gasteiger partial charge in [-0.3, -0.25) is 4.79 Å². The fourth-order valence-corrected chi connectivity index (χ4v) is 4.77. The third-order valence-corrected chi connectivity index (χ3v) is 6.81.